The maximum Gasteiger partial charge on any atom is 0.328 e. The van der Waals surface area contributed by atoms with Crippen molar-refractivity contribution >= 4 is 107 Å². The number of methoxy groups -OCH3 is 3. The molecule has 0 saturated heterocycles. The smallest absolute Gasteiger partial charge is 0.328 e. The number of aromatic nitrogens is 3. The first-order valence-electron chi connectivity index (χ1n) is 46.0. The van der Waals surface area contributed by atoms with Gasteiger partial charge in [-0.15, -0.1) is 34.0 Å². The molecule has 8 aromatic rings. The highest BCUT2D eigenvalue weighted by Crippen LogP contribution is 2.41. The zero-order chi connectivity index (χ0) is 101. The van der Waals surface area contributed by atoms with Crippen LogP contribution in [0.15, 0.2) is 137 Å². The fraction of sp³-hybridized carbons (Fsp3) is 0.539. The highest BCUT2D eigenvalue weighted by Gasteiger charge is 2.42. The largest absolute Gasteiger partial charge is 0.544 e. The van der Waals surface area contributed by atoms with Crippen molar-refractivity contribution in [3.63, 3.8) is 0 Å². The van der Waals surface area contributed by atoms with E-state index in [1.54, 1.807) is 86.3 Å². The van der Waals surface area contributed by atoms with Crippen molar-refractivity contribution < 1.29 is 71.0 Å². The summed E-state index contributed by atoms with van der Waals surface area (Å²) in [6.45, 7) is 58.1. The van der Waals surface area contributed by atoms with Crippen molar-refractivity contribution in [2.75, 3.05) is 42.5 Å². The second-order valence-corrected chi connectivity index (χ2v) is 57.5. The Kier molecular flexibility index (Phi) is 45.9. The molecule has 26 nitrogen and oxygen atoms in total. The summed E-state index contributed by atoms with van der Waals surface area (Å²) in [5.74, 6) is 1.41. The van der Waals surface area contributed by atoms with E-state index in [-0.39, 0.29) is 92.2 Å². The molecular formula is C102H157N11O15S3Si3. The summed E-state index contributed by atoms with van der Waals surface area (Å²) >= 11 is 4.84. The molecule has 5 unspecified atom stereocenters. The highest BCUT2D eigenvalue weighted by atomic mass is 32.1. The van der Waals surface area contributed by atoms with Crippen molar-refractivity contribution in [3.8, 4) is 23.0 Å². The summed E-state index contributed by atoms with van der Waals surface area (Å²) in [6, 6.07) is 37.2. The van der Waals surface area contributed by atoms with Crippen molar-refractivity contribution in [2.45, 2.75) is 287 Å². The molecule has 3 aromatic heterocycles. The van der Waals surface area contributed by atoms with Crippen LogP contribution in [0.3, 0.4) is 0 Å². The van der Waals surface area contributed by atoms with Crippen LogP contribution >= 0.6 is 34.0 Å². The van der Waals surface area contributed by atoms with Gasteiger partial charge in [0.25, 0.3) is 0 Å². The minimum atomic E-state index is -1.85. The predicted molar refractivity (Wildman–Crippen MR) is 551 cm³/mol. The summed E-state index contributed by atoms with van der Waals surface area (Å²) in [7, 11) is 3.55. The van der Waals surface area contributed by atoms with Crippen LogP contribution in [0.4, 0.5) is 14.4 Å². The fourth-order valence-corrected chi connectivity index (χ4v) is 18.1. The van der Waals surface area contributed by atoms with Crippen LogP contribution in [0.5, 0.6) is 23.0 Å². The van der Waals surface area contributed by atoms with Crippen molar-refractivity contribution in [2.24, 2.45) is 41.1 Å². The Hall–Kier alpha value is -10.00. The molecule has 0 saturated carbocycles. The summed E-state index contributed by atoms with van der Waals surface area (Å²) in [4.78, 5) is 114. The van der Waals surface area contributed by atoms with Crippen LogP contribution in [0.2, 0.25) is 54.4 Å². The molecule has 134 heavy (non-hydrogen) atoms. The molecule has 8 amide bonds. The van der Waals surface area contributed by atoms with E-state index < -0.39 is 61.0 Å². The van der Waals surface area contributed by atoms with Crippen molar-refractivity contribution in [1.82, 2.24) is 45.6 Å². The summed E-state index contributed by atoms with van der Waals surface area (Å²) < 4.78 is 33.4. The van der Waals surface area contributed by atoms with Gasteiger partial charge in [0.15, 0.2) is 0 Å². The number of carbonyl (C=O) groups excluding carboxylic acids is 8. The molecule has 0 bridgehead atoms. The number of nitrogens with two attached hydrogens (primary N) is 2. The van der Waals surface area contributed by atoms with E-state index in [1.807, 2.05) is 88.9 Å². The van der Waals surface area contributed by atoms with Crippen LogP contribution in [-0.4, -0.2) is 168 Å². The molecular weight excluding hydrogens is 1800 g/mol. The minimum Gasteiger partial charge on any atom is -0.544 e. The van der Waals surface area contributed by atoms with E-state index in [4.69, 9.17) is 59.0 Å². The van der Waals surface area contributed by atoms with Gasteiger partial charge in [0, 0.05) is 66.9 Å². The lowest BCUT2D eigenvalue weighted by Gasteiger charge is -2.36. The van der Waals surface area contributed by atoms with Gasteiger partial charge >= 0.3 is 36.0 Å². The van der Waals surface area contributed by atoms with Crippen LogP contribution in [-0.2, 0) is 89.9 Å². The molecule has 0 aliphatic heterocycles. The molecule has 0 aliphatic carbocycles. The van der Waals surface area contributed by atoms with Gasteiger partial charge in [-0.25, -0.2) is 43.7 Å². The third kappa shape index (κ3) is 38.6. The Labute approximate surface area is 814 Å². The van der Waals surface area contributed by atoms with Crippen LogP contribution in [0, 0.1) is 36.5 Å². The quantitative estimate of drug-likeness (QED) is 0.0121. The number of rotatable bonds is 36. The normalized spacial score (nSPS) is 13.5. The number of benzene rings is 5. The van der Waals surface area contributed by atoms with E-state index in [9.17, 15) is 38.4 Å². The van der Waals surface area contributed by atoms with Gasteiger partial charge in [-0.2, -0.15) is 0 Å². The number of urea groups is 3. The number of phenols is 1. The molecule has 32 heteroatoms. The monoisotopic (exact) mass is 1960 g/mol. The maximum absolute atomic E-state index is 12.6. The third-order valence-corrected chi connectivity index (χ3v) is 40.9. The predicted octanol–water partition coefficient (Wildman–Crippen LogP) is 21.4. The number of aryl methyl sites for hydroxylation is 1. The number of carbonyl (C=O) groups is 8. The number of hydrogen-bond donors (Lipinski definition) is 6. The summed E-state index contributed by atoms with van der Waals surface area (Å²) in [5.41, 5.74) is 20.1. The number of phenolic OH excluding ortho intramolecular Hbond substituents is 1. The fourth-order valence-electron chi connectivity index (χ4n) is 12.4. The molecule has 5 aromatic carbocycles. The molecule has 0 spiro atoms. The lowest BCUT2D eigenvalue weighted by atomic mass is 10.0. The lowest BCUT2D eigenvalue weighted by Crippen LogP contribution is -2.49. The number of primary amides is 2. The Morgan fingerprint density at radius 2 is 0.590 bits per heavy atom. The number of amides is 8. The van der Waals surface area contributed by atoms with Gasteiger partial charge < -0.3 is 74.7 Å². The molecule has 0 radical (unpaired) electrons. The van der Waals surface area contributed by atoms with Crippen molar-refractivity contribution in [1.29, 1.82) is 0 Å². The van der Waals surface area contributed by atoms with Crippen molar-refractivity contribution in [3.05, 3.63) is 203 Å². The molecule has 8 N–H and O–H groups in total. The minimum absolute atomic E-state index is 0.0618. The Balaban J connectivity index is 0.000000363. The third-order valence-electron chi connectivity index (χ3n) is 24.5. The topological polar surface area (TPSA) is 349 Å². The van der Waals surface area contributed by atoms with Gasteiger partial charge in [0.1, 0.15) is 41.1 Å². The summed E-state index contributed by atoms with van der Waals surface area (Å²) in [5, 5.41) is 26.9. The van der Waals surface area contributed by atoms with E-state index in [0.29, 0.717) is 38.4 Å². The number of thiazole rings is 3. The molecule has 0 fully saturated rings. The first-order valence-corrected chi connectivity index (χ1v) is 57.4. The standard InChI is InChI=1S/2C27H43N3O4SSi.C22H31N3O3S.C16H27NO2Si.C10H13NO2/c2*1-18(2)23(25(31)33-8)29-26(32)30(7)16-21-17-35-24(28-21)19(3)15-20-11-13-22(14-12-20)34-36(9,10)27(4,5)6;1-14(2)19(21(26)28-6)24-22(27)25(5)12-18-13-29-20(23-18)16(4)11-17-9-7-15(3)8-10-17;1-12(15(17)18)11-13-7-9-14(10-8-13)19-20(5,6)16(2,3)4;1-7(10(11)13)6-8-2-4-9(12)5-3-8/h2*11-14,17-19,23H,15-16H2,1-10H3,(H,29,32);7-10,13-14,16,19H,11-12H2,1-6H3,(H,24,27);7-10,12H,11H2,1-6H3,(H2,17,18);2-5,7,12H,6H2,1H3,(H2,11,13)/t2*19?,23-;16?,19-;;/m000../s1. The molecule has 740 valence electrons. The molecule has 3 heterocycles. The number of hydrogen-bond acceptors (Lipinski definition) is 21. The number of nitrogens with zero attached hydrogens (tertiary/aromatic N) is 6. The Morgan fingerprint density at radius 1 is 0.373 bits per heavy atom. The van der Waals surface area contributed by atoms with Crippen LogP contribution in [0.25, 0.3) is 0 Å². The first-order chi connectivity index (χ1) is 62.1. The van der Waals surface area contributed by atoms with E-state index in [2.05, 4.69) is 218 Å². The van der Waals surface area contributed by atoms with Gasteiger partial charge in [-0.3, -0.25) is 9.59 Å². The highest BCUT2D eigenvalue weighted by molar-refractivity contribution is 7.10. The molecule has 8 rings (SSSR count). The molecule has 8 atom stereocenters. The van der Waals surface area contributed by atoms with Gasteiger partial charge in [-0.1, -0.05) is 217 Å². The van der Waals surface area contributed by atoms with Gasteiger partial charge in [0.05, 0.1) is 73.1 Å². The first kappa shape index (κ1) is 116. The zero-order valence-electron chi connectivity index (χ0n) is 86.0. The average molecular weight is 1960 g/mol. The zero-order valence-corrected chi connectivity index (χ0v) is 91.5. The molecule has 0 aliphatic rings. The maximum atomic E-state index is 12.6. The summed E-state index contributed by atoms with van der Waals surface area (Å²) in [6.07, 6.45) is 3.97. The second-order valence-electron chi connectivity index (χ2n) is 40.7. The Bertz CT molecular complexity index is 4820. The van der Waals surface area contributed by atoms with E-state index >= 15 is 0 Å². The SMILES string of the molecule is CC(Cc1ccc(O)cc1)C(N)=O.CC(Cc1ccc(O[Si](C)(C)C(C)(C)C)cc1)C(N)=O.COC(=O)[C@@H](NC(=O)N(C)Cc1csc(C(C)Cc2ccc(C)cc2)n1)C(C)C.COC(=O)[C@@H](NC(=O)N(C)Cc1csc(C(C)Cc2ccc(O[Si](C)(C)C(C)(C)C)cc2)n1)C(C)C.COC(=O)[C@@H](NC(=O)N(C)Cc1csc(C(C)Cc2ccc(O[Si](C)(C)C(C)(C)C)cc2)n1)C(C)C. The second kappa shape index (κ2) is 52.9. The lowest BCUT2D eigenvalue weighted by molar-refractivity contribution is -0.144. The van der Waals surface area contributed by atoms with Crippen LogP contribution < -0.4 is 40.7 Å². The average Bonchev–Trinajstić information content (AvgIpc) is 1.03. The number of esters is 3. The van der Waals surface area contributed by atoms with Gasteiger partial charge in [-0.05, 0) is 188 Å². The number of aromatic hydroxyl groups is 1. The van der Waals surface area contributed by atoms with E-state index in [1.165, 1.54) is 58.3 Å². The Morgan fingerprint density at radius 3 is 0.799 bits per heavy atom. The number of nitrogens with one attached hydrogen (secondary N) is 3. The number of ether oxygens (including phenoxy) is 3. The van der Waals surface area contributed by atoms with Gasteiger partial charge in [0.2, 0.25) is 36.8 Å². The van der Waals surface area contributed by atoms with Crippen LogP contribution in [0.1, 0.15) is 222 Å². The van der Waals surface area contributed by atoms with E-state index in [0.717, 1.165) is 79.7 Å².